The summed E-state index contributed by atoms with van der Waals surface area (Å²) in [5, 5.41) is 14.8. The molecule has 2 N–H and O–H groups in total. The number of nitrogens with zero attached hydrogens (tertiary/aromatic N) is 4. The molecule has 0 fully saturated rings. The number of nitriles is 1. The smallest absolute Gasteiger partial charge is 0.229 e. The maximum absolute atomic E-state index is 8.69. The maximum atomic E-state index is 8.69. The lowest BCUT2D eigenvalue weighted by Gasteiger charge is -2.23. The Bertz CT molecular complexity index is 425. The highest BCUT2D eigenvalue weighted by atomic mass is 35.5. The van der Waals surface area contributed by atoms with Gasteiger partial charge in [0.25, 0.3) is 0 Å². The van der Waals surface area contributed by atoms with Crippen molar-refractivity contribution in [2.45, 2.75) is 32.7 Å². The van der Waals surface area contributed by atoms with Gasteiger partial charge in [0.05, 0.1) is 12.5 Å². The van der Waals surface area contributed by atoms with Crippen LogP contribution in [0.25, 0.3) is 0 Å². The molecule has 1 aromatic rings. The summed E-state index contributed by atoms with van der Waals surface area (Å²) >= 11 is 5.78. The molecule has 0 unspecified atom stereocenters. The number of nitrogens with one attached hydrogen (secondary N) is 2. The molecule has 0 amide bonds. The van der Waals surface area contributed by atoms with Crippen LogP contribution in [0.5, 0.6) is 0 Å². The van der Waals surface area contributed by atoms with Crippen molar-refractivity contribution >= 4 is 23.5 Å². The molecule has 1 rings (SSSR count). The summed E-state index contributed by atoms with van der Waals surface area (Å²) in [4.78, 5) is 12.0. The van der Waals surface area contributed by atoms with Crippen LogP contribution in [0.1, 0.15) is 27.2 Å². The Morgan fingerprint density at radius 3 is 2.53 bits per heavy atom. The molecule has 0 radical (unpaired) electrons. The van der Waals surface area contributed by atoms with E-state index in [0.29, 0.717) is 24.9 Å². The molecule has 0 bridgehead atoms. The molecule has 0 aromatic carbocycles. The zero-order valence-electron chi connectivity index (χ0n) is 10.1. The van der Waals surface area contributed by atoms with Crippen molar-refractivity contribution in [3.8, 4) is 6.07 Å². The number of anilines is 2. The van der Waals surface area contributed by atoms with E-state index in [1.807, 2.05) is 20.8 Å². The predicted molar refractivity (Wildman–Crippen MR) is 66.9 cm³/mol. The highest BCUT2D eigenvalue weighted by molar-refractivity contribution is 6.28. The Kier molecular flexibility index (Phi) is 4.46. The number of halogens is 1. The van der Waals surface area contributed by atoms with Gasteiger partial charge in [-0.15, -0.1) is 0 Å². The van der Waals surface area contributed by atoms with Crippen LogP contribution in [0.4, 0.5) is 11.9 Å². The van der Waals surface area contributed by atoms with Gasteiger partial charge in [0.15, 0.2) is 0 Å². The van der Waals surface area contributed by atoms with Crippen molar-refractivity contribution in [3.05, 3.63) is 5.28 Å². The standard InChI is InChI=1S/C10H15ClN6/c1-4-13-8-14-7(11)15-9(16-8)17-10(2,3)5-6-12/h4-5H2,1-3H3,(H2,13,14,15,16,17). The lowest BCUT2D eigenvalue weighted by molar-refractivity contribution is 0.576. The number of rotatable bonds is 5. The van der Waals surface area contributed by atoms with Crippen LogP contribution in [-0.4, -0.2) is 27.0 Å². The molecular formula is C10H15ClN6. The quantitative estimate of drug-likeness (QED) is 0.836. The third kappa shape index (κ3) is 4.41. The summed E-state index contributed by atoms with van der Waals surface area (Å²) in [5.74, 6) is 0.781. The van der Waals surface area contributed by atoms with E-state index in [1.54, 1.807) is 0 Å². The Labute approximate surface area is 105 Å². The average Bonchev–Trinajstić information content (AvgIpc) is 2.15. The van der Waals surface area contributed by atoms with Gasteiger partial charge in [0.1, 0.15) is 0 Å². The fourth-order valence-electron chi connectivity index (χ4n) is 1.19. The van der Waals surface area contributed by atoms with Gasteiger partial charge in [-0.25, -0.2) is 0 Å². The largest absolute Gasteiger partial charge is 0.354 e. The van der Waals surface area contributed by atoms with E-state index in [-0.39, 0.29) is 5.28 Å². The van der Waals surface area contributed by atoms with Crippen LogP contribution in [0.3, 0.4) is 0 Å². The molecule has 0 aliphatic heterocycles. The van der Waals surface area contributed by atoms with E-state index in [0.717, 1.165) is 0 Å². The third-order valence-corrected chi connectivity index (χ3v) is 2.08. The van der Waals surface area contributed by atoms with Gasteiger partial charge in [-0.3, -0.25) is 0 Å². The van der Waals surface area contributed by atoms with Gasteiger partial charge in [0.2, 0.25) is 17.2 Å². The zero-order valence-corrected chi connectivity index (χ0v) is 10.8. The molecule has 0 aliphatic rings. The number of hydrogen-bond acceptors (Lipinski definition) is 6. The predicted octanol–water partition coefficient (Wildman–Crippen LogP) is 2.06. The minimum absolute atomic E-state index is 0.117. The number of aromatic nitrogens is 3. The maximum Gasteiger partial charge on any atom is 0.229 e. The van der Waals surface area contributed by atoms with Gasteiger partial charge in [-0.2, -0.15) is 20.2 Å². The van der Waals surface area contributed by atoms with Crippen LogP contribution in [-0.2, 0) is 0 Å². The molecule has 1 heterocycles. The van der Waals surface area contributed by atoms with Gasteiger partial charge in [-0.1, -0.05) is 0 Å². The van der Waals surface area contributed by atoms with Crippen LogP contribution >= 0.6 is 11.6 Å². The molecule has 0 aliphatic carbocycles. The first-order chi connectivity index (χ1) is 7.96. The molecule has 0 atom stereocenters. The van der Waals surface area contributed by atoms with Crippen molar-refractivity contribution < 1.29 is 0 Å². The molecular weight excluding hydrogens is 240 g/mol. The van der Waals surface area contributed by atoms with Crippen LogP contribution < -0.4 is 10.6 Å². The first kappa shape index (κ1) is 13.5. The molecule has 17 heavy (non-hydrogen) atoms. The summed E-state index contributed by atoms with van der Waals surface area (Å²) in [6.07, 6.45) is 0.340. The van der Waals surface area contributed by atoms with Gasteiger partial charge in [0, 0.05) is 12.1 Å². The number of hydrogen-bond donors (Lipinski definition) is 2. The molecule has 0 saturated carbocycles. The molecule has 7 heteroatoms. The third-order valence-electron chi connectivity index (χ3n) is 1.91. The van der Waals surface area contributed by atoms with Crippen molar-refractivity contribution in [2.24, 2.45) is 0 Å². The Morgan fingerprint density at radius 2 is 1.94 bits per heavy atom. The van der Waals surface area contributed by atoms with E-state index in [4.69, 9.17) is 16.9 Å². The molecule has 6 nitrogen and oxygen atoms in total. The van der Waals surface area contributed by atoms with Gasteiger partial charge in [-0.05, 0) is 32.4 Å². The van der Waals surface area contributed by atoms with E-state index in [9.17, 15) is 0 Å². The molecule has 1 aromatic heterocycles. The van der Waals surface area contributed by atoms with E-state index in [2.05, 4.69) is 31.7 Å². The second-order valence-electron chi connectivity index (χ2n) is 4.13. The summed E-state index contributed by atoms with van der Waals surface area (Å²) in [6, 6.07) is 2.10. The lowest BCUT2D eigenvalue weighted by Crippen LogP contribution is -2.31. The van der Waals surface area contributed by atoms with Crippen molar-refractivity contribution in [1.29, 1.82) is 5.26 Å². The summed E-state index contributed by atoms with van der Waals surface area (Å²) < 4.78 is 0. The fourth-order valence-corrected chi connectivity index (χ4v) is 1.35. The lowest BCUT2D eigenvalue weighted by atomic mass is 10.0. The minimum Gasteiger partial charge on any atom is -0.354 e. The van der Waals surface area contributed by atoms with Crippen LogP contribution in [0.15, 0.2) is 0 Å². The molecule has 0 spiro atoms. The van der Waals surface area contributed by atoms with Crippen molar-refractivity contribution in [1.82, 2.24) is 15.0 Å². The Hall–Kier alpha value is -1.61. The van der Waals surface area contributed by atoms with Gasteiger partial charge < -0.3 is 10.6 Å². The highest BCUT2D eigenvalue weighted by Crippen LogP contribution is 2.16. The summed E-state index contributed by atoms with van der Waals surface area (Å²) in [6.45, 7) is 6.41. The van der Waals surface area contributed by atoms with Crippen LogP contribution in [0.2, 0.25) is 5.28 Å². The van der Waals surface area contributed by atoms with Crippen molar-refractivity contribution in [2.75, 3.05) is 17.2 Å². The SMILES string of the molecule is CCNc1nc(Cl)nc(NC(C)(C)CC#N)n1. The second kappa shape index (κ2) is 5.64. The van der Waals surface area contributed by atoms with E-state index in [1.165, 1.54) is 0 Å². The van der Waals surface area contributed by atoms with Crippen molar-refractivity contribution in [3.63, 3.8) is 0 Å². The second-order valence-corrected chi connectivity index (χ2v) is 4.46. The van der Waals surface area contributed by atoms with Crippen LogP contribution in [0, 0.1) is 11.3 Å². The normalized spacial score (nSPS) is 10.8. The van der Waals surface area contributed by atoms with E-state index < -0.39 is 5.54 Å². The Morgan fingerprint density at radius 1 is 1.29 bits per heavy atom. The fraction of sp³-hybridized carbons (Fsp3) is 0.600. The monoisotopic (exact) mass is 254 g/mol. The summed E-state index contributed by atoms with van der Waals surface area (Å²) in [5.41, 5.74) is -0.414. The Balaban J connectivity index is 2.87. The molecule has 92 valence electrons. The first-order valence-corrected chi connectivity index (χ1v) is 5.65. The minimum atomic E-state index is -0.414. The highest BCUT2D eigenvalue weighted by Gasteiger charge is 2.19. The topological polar surface area (TPSA) is 86.5 Å². The summed E-state index contributed by atoms with van der Waals surface area (Å²) in [7, 11) is 0. The zero-order chi connectivity index (χ0) is 12.9. The average molecular weight is 255 g/mol. The van der Waals surface area contributed by atoms with Gasteiger partial charge >= 0.3 is 0 Å². The first-order valence-electron chi connectivity index (χ1n) is 5.27. The molecule has 0 saturated heterocycles. The van der Waals surface area contributed by atoms with E-state index >= 15 is 0 Å².